The van der Waals surface area contributed by atoms with Crippen LogP contribution in [0.1, 0.15) is 17.0 Å². The molecule has 21 heavy (non-hydrogen) atoms. The summed E-state index contributed by atoms with van der Waals surface area (Å²) in [6.07, 6.45) is 1.54. The highest BCUT2D eigenvalue weighted by atomic mass is 16.5. The second-order valence-corrected chi connectivity index (χ2v) is 5.12. The third-order valence-corrected chi connectivity index (χ3v) is 3.36. The van der Waals surface area contributed by atoms with E-state index < -0.39 is 0 Å². The second kappa shape index (κ2) is 5.79. The summed E-state index contributed by atoms with van der Waals surface area (Å²) in [7, 11) is 0. The average Bonchev–Trinajstić information content (AvgIpc) is 2.95. The minimum Gasteiger partial charge on any atom is -0.399 e. The molecule has 0 spiro atoms. The number of nitrogen functional groups attached to an aromatic ring is 1. The molecule has 4 nitrogen and oxygen atoms in total. The molecular formula is C17H17N3O. The average molecular weight is 279 g/mol. The van der Waals surface area contributed by atoms with Gasteiger partial charge in [-0.1, -0.05) is 47.1 Å². The summed E-state index contributed by atoms with van der Waals surface area (Å²) in [6, 6.07) is 15.9. The van der Waals surface area contributed by atoms with Crippen LogP contribution >= 0.6 is 0 Å². The largest absolute Gasteiger partial charge is 0.399 e. The fourth-order valence-corrected chi connectivity index (χ4v) is 2.18. The Bertz CT molecular complexity index is 732. The summed E-state index contributed by atoms with van der Waals surface area (Å²) in [5.74, 6) is 1.28. The number of rotatable bonds is 4. The van der Waals surface area contributed by atoms with E-state index in [-0.39, 0.29) is 0 Å². The number of aryl methyl sites for hydroxylation is 3. The van der Waals surface area contributed by atoms with Crippen molar-refractivity contribution in [3.05, 3.63) is 65.5 Å². The van der Waals surface area contributed by atoms with E-state index >= 15 is 0 Å². The maximum absolute atomic E-state index is 5.77. The molecule has 0 aliphatic heterocycles. The molecule has 0 saturated carbocycles. The highest BCUT2D eigenvalue weighted by molar-refractivity contribution is 5.54. The minimum absolute atomic E-state index is 0.637. The molecule has 0 saturated heterocycles. The summed E-state index contributed by atoms with van der Waals surface area (Å²) in [5, 5.41) is 4.04. The predicted octanol–water partition coefficient (Wildman–Crippen LogP) is 3.41. The molecule has 0 fully saturated rings. The van der Waals surface area contributed by atoms with Gasteiger partial charge >= 0.3 is 0 Å². The van der Waals surface area contributed by atoms with E-state index in [4.69, 9.17) is 10.3 Å². The molecule has 0 unspecified atom stereocenters. The summed E-state index contributed by atoms with van der Waals surface area (Å²) in [5.41, 5.74) is 9.90. The van der Waals surface area contributed by atoms with E-state index in [1.54, 1.807) is 0 Å². The normalized spacial score (nSPS) is 10.7. The van der Waals surface area contributed by atoms with E-state index in [1.807, 2.05) is 48.5 Å². The number of nitrogens with zero attached hydrogens (tertiary/aromatic N) is 2. The number of nitrogens with two attached hydrogens (primary N) is 1. The Hall–Kier alpha value is -2.62. The quantitative estimate of drug-likeness (QED) is 0.743. The molecule has 1 heterocycles. The summed E-state index contributed by atoms with van der Waals surface area (Å²) < 4.78 is 5.31. The molecular weight excluding hydrogens is 262 g/mol. The Kier molecular flexibility index (Phi) is 3.69. The van der Waals surface area contributed by atoms with Crippen LogP contribution in [0.25, 0.3) is 11.4 Å². The van der Waals surface area contributed by atoms with Crippen LogP contribution in [0.4, 0.5) is 5.69 Å². The van der Waals surface area contributed by atoms with Crippen molar-refractivity contribution in [2.24, 2.45) is 0 Å². The van der Waals surface area contributed by atoms with Crippen molar-refractivity contribution < 1.29 is 4.52 Å². The lowest BCUT2D eigenvalue weighted by Crippen LogP contribution is -1.93. The standard InChI is InChI=1S/C17H17N3O/c1-12-5-8-14(9-6-12)17-19-16(21-20-17)10-7-13-3-2-4-15(18)11-13/h2-6,8-9,11H,7,10,18H2,1H3. The van der Waals surface area contributed by atoms with Gasteiger partial charge in [0.25, 0.3) is 0 Å². The highest BCUT2D eigenvalue weighted by Crippen LogP contribution is 2.17. The van der Waals surface area contributed by atoms with Crippen molar-refractivity contribution in [1.29, 1.82) is 0 Å². The molecule has 0 bridgehead atoms. The number of benzene rings is 2. The van der Waals surface area contributed by atoms with Crippen LogP contribution in [0, 0.1) is 6.92 Å². The maximum Gasteiger partial charge on any atom is 0.227 e. The van der Waals surface area contributed by atoms with E-state index in [9.17, 15) is 0 Å². The van der Waals surface area contributed by atoms with E-state index in [2.05, 4.69) is 17.1 Å². The van der Waals surface area contributed by atoms with Crippen molar-refractivity contribution in [2.45, 2.75) is 19.8 Å². The van der Waals surface area contributed by atoms with Gasteiger partial charge in [0, 0.05) is 17.7 Å². The van der Waals surface area contributed by atoms with Crippen LogP contribution < -0.4 is 5.73 Å². The molecule has 0 aliphatic rings. The zero-order chi connectivity index (χ0) is 14.7. The van der Waals surface area contributed by atoms with E-state index in [1.165, 1.54) is 11.1 Å². The van der Waals surface area contributed by atoms with Gasteiger partial charge < -0.3 is 10.3 Å². The molecule has 0 atom stereocenters. The third kappa shape index (κ3) is 3.28. The van der Waals surface area contributed by atoms with Crippen LogP contribution in [0.3, 0.4) is 0 Å². The van der Waals surface area contributed by atoms with Crippen LogP contribution in [-0.4, -0.2) is 10.1 Å². The topological polar surface area (TPSA) is 64.9 Å². The summed E-state index contributed by atoms with van der Waals surface area (Å²) >= 11 is 0. The van der Waals surface area contributed by atoms with Crippen molar-refractivity contribution in [1.82, 2.24) is 10.1 Å². The lowest BCUT2D eigenvalue weighted by atomic mass is 10.1. The van der Waals surface area contributed by atoms with Gasteiger partial charge in [0.2, 0.25) is 11.7 Å². The maximum atomic E-state index is 5.77. The number of aromatic nitrogens is 2. The first-order chi connectivity index (χ1) is 10.2. The Morgan fingerprint density at radius 1 is 1.05 bits per heavy atom. The van der Waals surface area contributed by atoms with Gasteiger partial charge in [-0.25, -0.2) is 0 Å². The lowest BCUT2D eigenvalue weighted by molar-refractivity contribution is 0.379. The molecule has 0 radical (unpaired) electrons. The second-order valence-electron chi connectivity index (χ2n) is 5.12. The lowest BCUT2D eigenvalue weighted by Gasteiger charge is -1.99. The predicted molar refractivity (Wildman–Crippen MR) is 82.7 cm³/mol. The monoisotopic (exact) mass is 279 g/mol. The SMILES string of the molecule is Cc1ccc(-c2noc(CCc3cccc(N)c3)n2)cc1. The Morgan fingerprint density at radius 2 is 1.86 bits per heavy atom. The highest BCUT2D eigenvalue weighted by Gasteiger charge is 2.08. The molecule has 4 heteroatoms. The van der Waals surface area contributed by atoms with Gasteiger partial charge in [-0.15, -0.1) is 0 Å². The number of anilines is 1. The van der Waals surface area contributed by atoms with Gasteiger partial charge in [0.1, 0.15) is 0 Å². The van der Waals surface area contributed by atoms with Crippen LogP contribution in [-0.2, 0) is 12.8 Å². The zero-order valence-electron chi connectivity index (χ0n) is 11.9. The van der Waals surface area contributed by atoms with Crippen LogP contribution in [0.15, 0.2) is 53.1 Å². The Labute approximate surface area is 123 Å². The van der Waals surface area contributed by atoms with Gasteiger partial charge in [-0.2, -0.15) is 4.98 Å². The molecule has 3 aromatic rings. The Balaban J connectivity index is 1.69. The van der Waals surface area contributed by atoms with Gasteiger partial charge in [0.15, 0.2) is 0 Å². The van der Waals surface area contributed by atoms with Gasteiger partial charge in [-0.3, -0.25) is 0 Å². The molecule has 1 aromatic heterocycles. The molecule has 3 rings (SSSR count). The molecule has 0 amide bonds. The fraction of sp³-hybridized carbons (Fsp3) is 0.176. The number of hydrogen-bond acceptors (Lipinski definition) is 4. The minimum atomic E-state index is 0.637. The van der Waals surface area contributed by atoms with Crippen LogP contribution in [0.5, 0.6) is 0 Å². The summed E-state index contributed by atoms with van der Waals surface area (Å²) in [4.78, 5) is 4.44. The van der Waals surface area contributed by atoms with Crippen molar-refractivity contribution in [2.75, 3.05) is 5.73 Å². The number of hydrogen-bond donors (Lipinski definition) is 1. The molecule has 2 N–H and O–H groups in total. The first kappa shape index (κ1) is 13.4. The van der Waals surface area contributed by atoms with Gasteiger partial charge in [0.05, 0.1) is 0 Å². The van der Waals surface area contributed by atoms with Crippen molar-refractivity contribution >= 4 is 5.69 Å². The smallest absolute Gasteiger partial charge is 0.227 e. The first-order valence-electron chi connectivity index (χ1n) is 6.95. The third-order valence-electron chi connectivity index (χ3n) is 3.36. The van der Waals surface area contributed by atoms with Gasteiger partial charge in [-0.05, 0) is 31.0 Å². The fourth-order valence-electron chi connectivity index (χ4n) is 2.18. The Morgan fingerprint density at radius 3 is 2.62 bits per heavy atom. The summed E-state index contributed by atoms with van der Waals surface area (Å²) in [6.45, 7) is 2.05. The van der Waals surface area contributed by atoms with Crippen LogP contribution in [0.2, 0.25) is 0 Å². The molecule has 0 aliphatic carbocycles. The first-order valence-corrected chi connectivity index (χ1v) is 6.95. The molecule has 2 aromatic carbocycles. The molecule has 106 valence electrons. The zero-order valence-corrected chi connectivity index (χ0v) is 11.9. The van der Waals surface area contributed by atoms with Crippen molar-refractivity contribution in [3.8, 4) is 11.4 Å². The van der Waals surface area contributed by atoms with E-state index in [0.29, 0.717) is 18.1 Å². The van der Waals surface area contributed by atoms with Crippen molar-refractivity contribution in [3.63, 3.8) is 0 Å². The van der Waals surface area contributed by atoms with E-state index in [0.717, 1.165) is 17.7 Å².